The van der Waals surface area contributed by atoms with Gasteiger partial charge in [0.1, 0.15) is 0 Å². The van der Waals surface area contributed by atoms with Crippen LogP contribution >= 0.6 is 0 Å². The van der Waals surface area contributed by atoms with Crippen LogP contribution in [0.3, 0.4) is 0 Å². The van der Waals surface area contributed by atoms with Crippen molar-refractivity contribution in [3.63, 3.8) is 0 Å². The van der Waals surface area contributed by atoms with Crippen LogP contribution in [0.15, 0.2) is 85.2 Å². The Morgan fingerprint density at radius 3 is 2.28 bits per heavy atom. The molecule has 0 bridgehead atoms. The van der Waals surface area contributed by atoms with Gasteiger partial charge >= 0.3 is 0 Å². The third-order valence-corrected chi connectivity index (χ3v) is 6.53. The molecule has 0 amide bonds. The first-order valence-electron chi connectivity index (χ1n) is 11.0. The van der Waals surface area contributed by atoms with Gasteiger partial charge in [0.2, 0.25) is 0 Å². The first-order valence-corrected chi connectivity index (χ1v) is 11.0. The molecule has 32 heavy (non-hydrogen) atoms. The summed E-state index contributed by atoms with van der Waals surface area (Å²) in [6.45, 7) is 0. The van der Waals surface area contributed by atoms with E-state index in [1.54, 1.807) is 6.20 Å². The van der Waals surface area contributed by atoms with Crippen molar-refractivity contribution in [3.05, 3.63) is 90.8 Å². The molecule has 0 saturated heterocycles. The predicted octanol–water partition coefficient (Wildman–Crippen LogP) is 5.69. The van der Waals surface area contributed by atoms with E-state index in [-0.39, 0.29) is 5.54 Å². The van der Waals surface area contributed by atoms with Gasteiger partial charge in [-0.25, -0.2) is 9.97 Å². The van der Waals surface area contributed by atoms with Gasteiger partial charge in [0.05, 0.1) is 28.6 Å². The Labute approximate surface area is 186 Å². The van der Waals surface area contributed by atoms with Crippen LogP contribution in [0.25, 0.3) is 44.7 Å². The number of fused-ring (bicyclic) bond motifs is 1. The van der Waals surface area contributed by atoms with Gasteiger partial charge in [-0.05, 0) is 48.6 Å². The van der Waals surface area contributed by atoms with Crippen LogP contribution in [0, 0.1) is 0 Å². The maximum absolute atomic E-state index is 6.53. The molecule has 2 aromatic carbocycles. The molecule has 0 spiro atoms. The standard InChI is InChI=1S/C27H23N5/c28-27(13-4-14-27)21-9-7-19(8-10-21)26-22(18-5-2-1-3-6-18)15-25-24(32-26)12-11-23(31-25)20-16-29-30-17-20/h1-3,5-12,15-17H,4,13-14,28H2,(H,29,30). The molecule has 1 fully saturated rings. The first-order chi connectivity index (χ1) is 15.7. The quantitative estimate of drug-likeness (QED) is 0.393. The topological polar surface area (TPSA) is 80.5 Å². The summed E-state index contributed by atoms with van der Waals surface area (Å²) in [5.74, 6) is 0. The molecule has 0 unspecified atom stereocenters. The fourth-order valence-corrected chi connectivity index (χ4v) is 4.47. The number of nitrogens with two attached hydrogens (primary N) is 1. The second kappa shape index (κ2) is 7.39. The molecule has 5 heteroatoms. The van der Waals surface area contributed by atoms with Crippen molar-refractivity contribution in [2.24, 2.45) is 5.73 Å². The van der Waals surface area contributed by atoms with E-state index in [4.69, 9.17) is 15.7 Å². The number of nitrogens with one attached hydrogen (secondary N) is 1. The van der Waals surface area contributed by atoms with Gasteiger partial charge in [-0.1, -0.05) is 54.6 Å². The maximum atomic E-state index is 6.53. The largest absolute Gasteiger partial charge is 0.321 e. The van der Waals surface area contributed by atoms with Crippen molar-refractivity contribution in [3.8, 4) is 33.6 Å². The van der Waals surface area contributed by atoms with Crippen molar-refractivity contribution in [2.75, 3.05) is 0 Å². The van der Waals surface area contributed by atoms with Crippen LogP contribution in [0.2, 0.25) is 0 Å². The summed E-state index contributed by atoms with van der Waals surface area (Å²) in [4.78, 5) is 9.92. The minimum atomic E-state index is -0.162. The third kappa shape index (κ3) is 3.18. The molecule has 156 valence electrons. The fourth-order valence-electron chi connectivity index (χ4n) is 4.47. The van der Waals surface area contributed by atoms with E-state index in [1.165, 1.54) is 12.0 Å². The van der Waals surface area contributed by atoms with Crippen molar-refractivity contribution in [1.29, 1.82) is 0 Å². The van der Waals surface area contributed by atoms with Crippen molar-refractivity contribution >= 4 is 11.0 Å². The first kappa shape index (κ1) is 18.9. The summed E-state index contributed by atoms with van der Waals surface area (Å²) in [6, 6.07) is 25.1. The van der Waals surface area contributed by atoms with Gasteiger partial charge in [0.15, 0.2) is 0 Å². The molecule has 5 aromatic rings. The Kier molecular flexibility index (Phi) is 4.37. The average Bonchev–Trinajstić information content (AvgIpc) is 3.37. The summed E-state index contributed by atoms with van der Waals surface area (Å²) < 4.78 is 0. The SMILES string of the molecule is NC1(c2ccc(-c3nc4ccc(-c5cn[nH]c5)nc4cc3-c3ccccc3)cc2)CCC1. The summed E-state index contributed by atoms with van der Waals surface area (Å²) in [7, 11) is 0. The Balaban J connectivity index is 1.51. The summed E-state index contributed by atoms with van der Waals surface area (Å²) in [6.07, 6.45) is 6.95. The van der Waals surface area contributed by atoms with Crippen molar-refractivity contribution in [1.82, 2.24) is 20.2 Å². The molecule has 1 aliphatic rings. The number of benzene rings is 2. The van der Waals surface area contributed by atoms with Gasteiger partial charge in [0, 0.05) is 28.4 Å². The highest BCUT2D eigenvalue weighted by molar-refractivity contribution is 5.90. The maximum Gasteiger partial charge on any atom is 0.0900 e. The lowest BCUT2D eigenvalue weighted by molar-refractivity contribution is 0.253. The van der Waals surface area contributed by atoms with Crippen molar-refractivity contribution < 1.29 is 0 Å². The van der Waals surface area contributed by atoms with E-state index < -0.39 is 0 Å². The van der Waals surface area contributed by atoms with E-state index >= 15 is 0 Å². The van der Waals surface area contributed by atoms with Crippen LogP contribution in [-0.4, -0.2) is 20.2 Å². The Bertz CT molecular complexity index is 1390. The molecule has 3 heterocycles. The molecule has 0 radical (unpaired) electrons. The monoisotopic (exact) mass is 417 g/mol. The van der Waals surface area contributed by atoms with Crippen molar-refractivity contribution in [2.45, 2.75) is 24.8 Å². The molecule has 5 nitrogen and oxygen atoms in total. The molecule has 1 saturated carbocycles. The molecule has 0 atom stereocenters. The zero-order chi connectivity index (χ0) is 21.5. The summed E-state index contributed by atoms with van der Waals surface area (Å²) >= 11 is 0. The van der Waals surface area contributed by atoms with Crippen LogP contribution in [0.1, 0.15) is 24.8 Å². The number of hydrogen-bond donors (Lipinski definition) is 2. The van der Waals surface area contributed by atoms with E-state index in [2.05, 4.69) is 64.8 Å². The second-order valence-corrected chi connectivity index (χ2v) is 8.56. The van der Waals surface area contributed by atoms with E-state index in [9.17, 15) is 0 Å². The highest BCUT2D eigenvalue weighted by Crippen LogP contribution is 2.40. The number of nitrogens with zero attached hydrogens (tertiary/aromatic N) is 3. The lowest BCUT2D eigenvalue weighted by Crippen LogP contribution is -2.43. The van der Waals surface area contributed by atoms with Crippen LogP contribution < -0.4 is 5.73 Å². The second-order valence-electron chi connectivity index (χ2n) is 8.56. The fraction of sp³-hybridized carbons (Fsp3) is 0.148. The lowest BCUT2D eigenvalue weighted by atomic mass is 9.72. The minimum Gasteiger partial charge on any atom is -0.321 e. The van der Waals surface area contributed by atoms with Crippen LogP contribution in [0.5, 0.6) is 0 Å². The molecular weight excluding hydrogens is 394 g/mol. The summed E-state index contributed by atoms with van der Waals surface area (Å²) in [5.41, 5.74) is 15.3. The Morgan fingerprint density at radius 2 is 1.59 bits per heavy atom. The Morgan fingerprint density at radius 1 is 0.781 bits per heavy atom. The third-order valence-electron chi connectivity index (χ3n) is 6.53. The number of rotatable bonds is 4. The highest BCUT2D eigenvalue weighted by atomic mass is 15.1. The van der Waals surface area contributed by atoms with Gasteiger partial charge in [-0.2, -0.15) is 5.10 Å². The molecular formula is C27H23N5. The molecule has 3 N–H and O–H groups in total. The van der Waals surface area contributed by atoms with Gasteiger partial charge in [0.25, 0.3) is 0 Å². The molecule has 1 aliphatic carbocycles. The van der Waals surface area contributed by atoms with Gasteiger partial charge in [-0.3, -0.25) is 5.10 Å². The number of hydrogen-bond acceptors (Lipinski definition) is 4. The lowest BCUT2D eigenvalue weighted by Gasteiger charge is -2.38. The Hall–Kier alpha value is -3.83. The van der Waals surface area contributed by atoms with Crippen LogP contribution in [0.4, 0.5) is 0 Å². The molecule has 0 aliphatic heterocycles. The highest BCUT2D eigenvalue weighted by Gasteiger charge is 2.34. The van der Waals surface area contributed by atoms with Gasteiger partial charge in [-0.15, -0.1) is 0 Å². The number of pyridine rings is 2. The van der Waals surface area contributed by atoms with Crippen LogP contribution in [-0.2, 0) is 5.54 Å². The normalized spacial score (nSPS) is 14.9. The zero-order valence-corrected chi connectivity index (χ0v) is 17.6. The average molecular weight is 418 g/mol. The molecule has 6 rings (SSSR count). The van der Waals surface area contributed by atoms with Gasteiger partial charge < -0.3 is 5.73 Å². The minimum absolute atomic E-state index is 0.162. The number of aromatic amines is 1. The van der Waals surface area contributed by atoms with E-state index in [0.29, 0.717) is 0 Å². The zero-order valence-electron chi connectivity index (χ0n) is 17.6. The molecule has 3 aromatic heterocycles. The number of aromatic nitrogens is 4. The summed E-state index contributed by atoms with van der Waals surface area (Å²) in [5, 5.41) is 6.90. The van der Waals surface area contributed by atoms with E-state index in [0.717, 1.165) is 57.5 Å². The predicted molar refractivity (Wildman–Crippen MR) is 128 cm³/mol. The number of H-pyrrole nitrogens is 1. The smallest absolute Gasteiger partial charge is 0.0900 e. The van der Waals surface area contributed by atoms with E-state index in [1.807, 2.05) is 24.4 Å².